The topological polar surface area (TPSA) is 83.9 Å². The highest BCUT2D eigenvalue weighted by Crippen LogP contribution is 2.05. The molecule has 0 atom stereocenters. The van der Waals surface area contributed by atoms with Gasteiger partial charge in [0.05, 0.1) is 5.69 Å². The van der Waals surface area contributed by atoms with E-state index in [-0.39, 0.29) is 11.4 Å². The second-order valence-corrected chi connectivity index (χ2v) is 2.73. The van der Waals surface area contributed by atoms with E-state index in [4.69, 9.17) is 11.1 Å². The van der Waals surface area contributed by atoms with Gasteiger partial charge in [0.15, 0.2) is 0 Å². The number of hydrogen-bond acceptors (Lipinski definition) is 4. The molecule has 15 heavy (non-hydrogen) atoms. The predicted molar refractivity (Wildman–Crippen MR) is 57.3 cm³/mol. The normalized spacial score (nSPS) is 11.9. The summed E-state index contributed by atoms with van der Waals surface area (Å²) >= 11 is 0. The molecular weight excluding hydrogens is 199 g/mol. The van der Waals surface area contributed by atoms with Gasteiger partial charge in [0.2, 0.25) is 5.95 Å². The highest BCUT2D eigenvalue weighted by molar-refractivity contribution is 6.01. The highest BCUT2D eigenvalue weighted by atomic mass is 19.1. The SMILES string of the molecule is CN/C(F)=C(\C=N)n1cccc(N)c1=O. The molecule has 0 saturated heterocycles. The molecule has 0 amide bonds. The van der Waals surface area contributed by atoms with E-state index in [1.165, 1.54) is 25.4 Å². The lowest BCUT2D eigenvalue weighted by molar-refractivity contribution is 0.573. The van der Waals surface area contributed by atoms with E-state index in [1.54, 1.807) is 0 Å². The van der Waals surface area contributed by atoms with E-state index >= 15 is 0 Å². The van der Waals surface area contributed by atoms with Crippen molar-refractivity contribution in [3.8, 4) is 0 Å². The molecule has 80 valence electrons. The maximum Gasteiger partial charge on any atom is 0.278 e. The summed E-state index contributed by atoms with van der Waals surface area (Å²) in [6, 6.07) is 2.92. The number of hydrogen-bond donors (Lipinski definition) is 3. The van der Waals surface area contributed by atoms with E-state index in [0.717, 1.165) is 10.8 Å². The Bertz CT molecular complexity index is 463. The maximum atomic E-state index is 13.2. The Morgan fingerprint density at radius 1 is 1.73 bits per heavy atom. The quantitative estimate of drug-likeness (QED) is 0.498. The molecule has 0 fully saturated rings. The fourth-order valence-corrected chi connectivity index (χ4v) is 1.07. The first-order valence-electron chi connectivity index (χ1n) is 4.17. The molecule has 1 aromatic heterocycles. The van der Waals surface area contributed by atoms with E-state index in [9.17, 15) is 9.18 Å². The summed E-state index contributed by atoms with van der Waals surface area (Å²) in [4.78, 5) is 11.5. The third-order valence-electron chi connectivity index (χ3n) is 1.82. The zero-order chi connectivity index (χ0) is 11.4. The van der Waals surface area contributed by atoms with Crippen molar-refractivity contribution in [1.82, 2.24) is 9.88 Å². The zero-order valence-corrected chi connectivity index (χ0v) is 8.12. The molecule has 1 rings (SSSR count). The molecular formula is C9H11FN4O. The Morgan fingerprint density at radius 2 is 2.40 bits per heavy atom. The van der Waals surface area contributed by atoms with Crippen molar-refractivity contribution in [1.29, 1.82) is 5.41 Å². The molecule has 0 spiro atoms. The van der Waals surface area contributed by atoms with Crippen LogP contribution in [0.5, 0.6) is 0 Å². The molecule has 0 bridgehead atoms. The van der Waals surface area contributed by atoms with Crippen molar-refractivity contribution in [2.45, 2.75) is 0 Å². The first kappa shape index (κ1) is 11.0. The van der Waals surface area contributed by atoms with E-state index in [2.05, 4.69) is 5.32 Å². The van der Waals surface area contributed by atoms with Gasteiger partial charge in [0.25, 0.3) is 5.56 Å². The van der Waals surface area contributed by atoms with E-state index in [1.807, 2.05) is 0 Å². The number of anilines is 1. The number of nitrogens with two attached hydrogens (primary N) is 1. The van der Waals surface area contributed by atoms with Gasteiger partial charge in [0.1, 0.15) is 5.70 Å². The molecule has 4 N–H and O–H groups in total. The highest BCUT2D eigenvalue weighted by Gasteiger charge is 2.07. The minimum Gasteiger partial charge on any atom is -0.394 e. The second-order valence-electron chi connectivity index (χ2n) is 2.73. The Morgan fingerprint density at radius 3 is 2.93 bits per heavy atom. The van der Waals surface area contributed by atoms with Crippen molar-refractivity contribution >= 4 is 17.6 Å². The molecule has 0 aliphatic carbocycles. The lowest BCUT2D eigenvalue weighted by Gasteiger charge is -2.07. The Labute approximate surface area is 85.5 Å². The minimum absolute atomic E-state index is 0.000697. The number of nitrogens with zero attached hydrogens (tertiary/aromatic N) is 1. The molecule has 0 aromatic carbocycles. The average molecular weight is 210 g/mol. The van der Waals surface area contributed by atoms with Crippen LogP contribution in [-0.2, 0) is 0 Å². The van der Waals surface area contributed by atoms with Crippen LogP contribution in [0.25, 0.3) is 5.70 Å². The summed E-state index contributed by atoms with van der Waals surface area (Å²) in [5.74, 6) is -0.766. The van der Waals surface area contributed by atoms with E-state index < -0.39 is 11.5 Å². The molecule has 0 unspecified atom stereocenters. The van der Waals surface area contributed by atoms with Crippen LogP contribution in [0.4, 0.5) is 10.1 Å². The Balaban J connectivity index is 3.45. The Kier molecular flexibility index (Phi) is 3.22. The van der Waals surface area contributed by atoms with Crippen molar-refractivity contribution in [3.63, 3.8) is 0 Å². The largest absolute Gasteiger partial charge is 0.394 e. The van der Waals surface area contributed by atoms with Crippen LogP contribution in [0.15, 0.2) is 29.1 Å². The van der Waals surface area contributed by atoms with Crippen molar-refractivity contribution < 1.29 is 4.39 Å². The van der Waals surface area contributed by atoms with Gasteiger partial charge in [-0.15, -0.1) is 0 Å². The van der Waals surface area contributed by atoms with Gasteiger partial charge >= 0.3 is 0 Å². The van der Waals surface area contributed by atoms with Gasteiger partial charge in [-0.25, -0.2) is 0 Å². The van der Waals surface area contributed by atoms with Crippen LogP contribution in [0.2, 0.25) is 0 Å². The molecule has 6 heteroatoms. The number of pyridine rings is 1. The number of nitrogens with one attached hydrogen (secondary N) is 2. The minimum atomic E-state index is -0.766. The fraction of sp³-hybridized carbons (Fsp3) is 0.111. The predicted octanol–water partition coefficient (Wildman–Crippen LogP) is 0.395. The zero-order valence-electron chi connectivity index (χ0n) is 8.12. The monoisotopic (exact) mass is 210 g/mol. The van der Waals surface area contributed by atoms with Gasteiger partial charge in [-0.1, -0.05) is 0 Å². The lowest BCUT2D eigenvalue weighted by atomic mass is 10.3. The number of aromatic nitrogens is 1. The third-order valence-corrected chi connectivity index (χ3v) is 1.82. The fourth-order valence-electron chi connectivity index (χ4n) is 1.07. The van der Waals surface area contributed by atoms with Crippen molar-refractivity contribution in [2.75, 3.05) is 12.8 Å². The molecule has 0 aliphatic rings. The van der Waals surface area contributed by atoms with Gasteiger partial charge in [-0.2, -0.15) is 4.39 Å². The summed E-state index contributed by atoms with van der Waals surface area (Å²) < 4.78 is 14.2. The first-order valence-corrected chi connectivity index (χ1v) is 4.17. The summed E-state index contributed by atoms with van der Waals surface area (Å²) in [6.07, 6.45) is 2.09. The number of rotatable bonds is 3. The molecule has 0 radical (unpaired) electrons. The van der Waals surface area contributed by atoms with Crippen molar-refractivity contribution in [2.24, 2.45) is 0 Å². The number of nitrogen functional groups attached to an aromatic ring is 1. The molecule has 0 saturated carbocycles. The number of halogens is 1. The molecule has 0 aliphatic heterocycles. The van der Waals surface area contributed by atoms with Gasteiger partial charge in [-0.05, 0) is 12.1 Å². The lowest BCUT2D eigenvalue weighted by Crippen LogP contribution is -2.24. The summed E-state index contributed by atoms with van der Waals surface area (Å²) in [7, 11) is 1.36. The molecule has 1 heterocycles. The third kappa shape index (κ3) is 2.04. The summed E-state index contributed by atoms with van der Waals surface area (Å²) in [5.41, 5.74) is 4.64. The van der Waals surface area contributed by atoms with Gasteiger partial charge in [-0.3, -0.25) is 9.36 Å². The molecule has 1 aromatic rings. The standard InChI is InChI=1S/C9H11FN4O/c1-13-8(10)7(5-11)14-4-2-3-6(12)9(14)15/h2-5,11,13H,12H2,1H3/b8-7+,11-5?. The Hall–Kier alpha value is -2.11. The first-order chi connectivity index (χ1) is 7.11. The van der Waals surface area contributed by atoms with Crippen LogP contribution in [-0.4, -0.2) is 17.8 Å². The van der Waals surface area contributed by atoms with Crippen LogP contribution < -0.4 is 16.6 Å². The second kappa shape index (κ2) is 4.41. The van der Waals surface area contributed by atoms with Gasteiger partial charge in [0, 0.05) is 19.5 Å². The molecule has 5 nitrogen and oxygen atoms in total. The van der Waals surface area contributed by atoms with Crippen LogP contribution in [0.1, 0.15) is 0 Å². The van der Waals surface area contributed by atoms with E-state index in [0.29, 0.717) is 0 Å². The van der Waals surface area contributed by atoms with Crippen LogP contribution >= 0.6 is 0 Å². The smallest absolute Gasteiger partial charge is 0.278 e. The maximum absolute atomic E-state index is 13.2. The summed E-state index contributed by atoms with van der Waals surface area (Å²) in [5, 5.41) is 9.26. The van der Waals surface area contributed by atoms with Crippen molar-refractivity contribution in [3.05, 3.63) is 34.6 Å². The average Bonchev–Trinajstić information content (AvgIpc) is 2.24. The van der Waals surface area contributed by atoms with Crippen LogP contribution in [0, 0.1) is 5.41 Å². The summed E-state index contributed by atoms with van der Waals surface area (Å²) in [6.45, 7) is 0. The van der Waals surface area contributed by atoms with Crippen LogP contribution in [0.3, 0.4) is 0 Å². The number of allylic oxidation sites excluding steroid dienone is 1. The van der Waals surface area contributed by atoms with Gasteiger partial charge < -0.3 is 16.5 Å².